The van der Waals surface area contributed by atoms with Crippen LogP contribution in [0.25, 0.3) is 10.9 Å². The van der Waals surface area contributed by atoms with Crippen LogP contribution in [-0.2, 0) is 13.1 Å². The van der Waals surface area contributed by atoms with Crippen molar-refractivity contribution in [1.82, 2.24) is 19.3 Å². The highest BCUT2D eigenvalue weighted by Gasteiger charge is 2.20. The number of Topliss-reactive ketones (excluding diaryl/α,β-unsaturated/α-hetero) is 1. The van der Waals surface area contributed by atoms with Gasteiger partial charge in [-0.25, -0.2) is 0 Å². The highest BCUT2D eigenvalue weighted by Crippen LogP contribution is 2.29. The number of carbonyl (C=O) groups excluding carboxylic acids is 1. The molecule has 172 valence electrons. The van der Waals surface area contributed by atoms with Crippen LogP contribution in [0.1, 0.15) is 43.0 Å². The molecule has 2 aromatic heterocycles. The molecule has 0 aliphatic carbocycles. The van der Waals surface area contributed by atoms with Crippen molar-refractivity contribution in [3.8, 4) is 5.75 Å². The number of aryl methyl sites for hydroxylation is 1. The summed E-state index contributed by atoms with van der Waals surface area (Å²) in [6.45, 7) is 7.73. The fraction of sp³-hybridized carbons (Fsp3) is 0.320. The maximum absolute atomic E-state index is 13.1. The van der Waals surface area contributed by atoms with E-state index in [2.05, 4.69) is 44.6 Å². The number of fused-ring (bicyclic) bond motifs is 1. The van der Waals surface area contributed by atoms with Gasteiger partial charge in [0.15, 0.2) is 16.8 Å². The first-order chi connectivity index (χ1) is 16.1. The second-order valence-corrected chi connectivity index (χ2v) is 8.65. The minimum atomic E-state index is -0.0821. The Hall–Kier alpha value is -3.26. The third-order valence-corrected chi connectivity index (χ3v) is 6.66. The van der Waals surface area contributed by atoms with Crippen LogP contribution >= 0.6 is 11.8 Å². The van der Waals surface area contributed by atoms with Crippen molar-refractivity contribution in [3.63, 3.8) is 0 Å². The zero-order valence-corrected chi connectivity index (χ0v) is 20.2. The van der Waals surface area contributed by atoms with Crippen molar-refractivity contribution < 1.29 is 9.53 Å². The van der Waals surface area contributed by atoms with E-state index in [4.69, 9.17) is 4.74 Å². The largest absolute Gasteiger partial charge is 0.495 e. The van der Waals surface area contributed by atoms with Gasteiger partial charge in [0.2, 0.25) is 0 Å². The Bertz CT molecular complexity index is 1260. The first kappa shape index (κ1) is 22.9. The van der Waals surface area contributed by atoms with Crippen molar-refractivity contribution >= 4 is 34.1 Å². The van der Waals surface area contributed by atoms with E-state index in [1.165, 1.54) is 11.8 Å². The Morgan fingerprint density at radius 1 is 1.09 bits per heavy atom. The number of aromatic nitrogens is 4. The summed E-state index contributed by atoms with van der Waals surface area (Å²) < 4.78 is 9.61. The van der Waals surface area contributed by atoms with E-state index in [-0.39, 0.29) is 11.8 Å². The van der Waals surface area contributed by atoms with Gasteiger partial charge >= 0.3 is 0 Å². The van der Waals surface area contributed by atoms with Crippen LogP contribution < -0.4 is 10.1 Å². The molecule has 0 unspecified atom stereocenters. The summed E-state index contributed by atoms with van der Waals surface area (Å²) >= 11 is 1.43. The molecule has 0 saturated heterocycles. The number of benzene rings is 2. The number of anilines is 1. The van der Waals surface area contributed by atoms with Crippen LogP contribution in [0.4, 0.5) is 5.69 Å². The predicted octanol–water partition coefficient (Wildman–Crippen LogP) is 5.43. The number of rotatable bonds is 10. The minimum absolute atomic E-state index is 0.0821. The Balaban J connectivity index is 1.50. The van der Waals surface area contributed by atoms with E-state index in [1.807, 2.05) is 55.6 Å². The summed E-state index contributed by atoms with van der Waals surface area (Å²) in [6, 6.07) is 15.8. The van der Waals surface area contributed by atoms with Gasteiger partial charge in [-0.1, -0.05) is 42.1 Å². The van der Waals surface area contributed by atoms with E-state index in [1.54, 1.807) is 7.11 Å². The molecule has 4 rings (SSSR count). The number of hydrogen-bond donors (Lipinski definition) is 1. The summed E-state index contributed by atoms with van der Waals surface area (Å²) in [7, 11) is 1.66. The van der Waals surface area contributed by atoms with Crippen molar-refractivity contribution in [2.24, 2.45) is 0 Å². The SMILES string of the molecule is CCn1c(SCC(=O)c2cn(CC)c3ccccc23)nnc1[C@H](C)Nc1ccccc1OC. The number of hydrogen-bond acceptors (Lipinski definition) is 6. The summed E-state index contributed by atoms with van der Waals surface area (Å²) in [5.74, 6) is 2.00. The molecule has 0 aliphatic rings. The van der Waals surface area contributed by atoms with Gasteiger partial charge in [-0.3, -0.25) is 4.79 Å². The lowest BCUT2D eigenvalue weighted by Gasteiger charge is -2.18. The molecule has 2 heterocycles. The maximum atomic E-state index is 13.1. The second-order valence-electron chi connectivity index (χ2n) is 7.71. The molecule has 4 aromatic rings. The number of nitrogens with one attached hydrogen (secondary N) is 1. The quantitative estimate of drug-likeness (QED) is 0.250. The average Bonchev–Trinajstić information content (AvgIpc) is 3.44. The summed E-state index contributed by atoms with van der Waals surface area (Å²) in [5, 5.41) is 14.0. The first-order valence-electron chi connectivity index (χ1n) is 11.1. The van der Waals surface area contributed by atoms with Gasteiger partial charge in [0, 0.05) is 35.8 Å². The third kappa shape index (κ3) is 4.61. The highest BCUT2D eigenvalue weighted by molar-refractivity contribution is 7.99. The average molecular weight is 464 g/mol. The van der Waals surface area contributed by atoms with E-state index >= 15 is 0 Å². The lowest BCUT2D eigenvalue weighted by molar-refractivity contribution is 0.102. The summed E-state index contributed by atoms with van der Waals surface area (Å²) in [4.78, 5) is 13.1. The number of para-hydroxylation sites is 3. The van der Waals surface area contributed by atoms with Gasteiger partial charge in [-0.15, -0.1) is 10.2 Å². The molecule has 33 heavy (non-hydrogen) atoms. The second kappa shape index (κ2) is 10.1. The van der Waals surface area contributed by atoms with Crippen LogP contribution in [-0.4, -0.2) is 38.0 Å². The molecule has 0 bridgehead atoms. The van der Waals surface area contributed by atoms with Crippen LogP contribution in [0.3, 0.4) is 0 Å². The van der Waals surface area contributed by atoms with Gasteiger partial charge in [-0.05, 0) is 39.0 Å². The molecule has 0 amide bonds. The molecule has 0 fully saturated rings. The van der Waals surface area contributed by atoms with Crippen LogP contribution in [0, 0.1) is 0 Å². The van der Waals surface area contributed by atoms with Gasteiger partial charge in [0.05, 0.1) is 24.6 Å². The monoisotopic (exact) mass is 463 g/mol. The smallest absolute Gasteiger partial charge is 0.191 e. The molecular weight excluding hydrogens is 434 g/mol. The Kier molecular flexibility index (Phi) is 7.03. The molecule has 7 nitrogen and oxygen atoms in total. The molecule has 1 atom stereocenters. The van der Waals surface area contributed by atoms with Crippen molar-refractivity contribution in [2.45, 2.75) is 45.1 Å². The molecule has 0 radical (unpaired) electrons. The summed E-state index contributed by atoms with van der Waals surface area (Å²) in [5.41, 5.74) is 2.74. The normalized spacial score (nSPS) is 12.1. The van der Waals surface area contributed by atoms with E-state index in [0.29, 0.717) is 12.3 Å². The lowest BCUT2D eigenvalue weighted by Crippen LogP contribution is -2.14. The fourth-order valence-electron chi connectivity index (χ4n) is 4.02. The van der Waals surface area contributed by atoms with Gasteiger partial charge in [-0.2, -0.15) is 0 Å². The Labute approximate surface area is 198 Å². The van der Waals surface area contributed by atoms with Crippen LogP contribution in [0.15, 0.2) is 59.9 Å². The minimum Gasteiger partial charge on any atom is -0.495 e. The van der Waals surface area contributed by atoms with Crippen LogP contribution in [0.2, 0.25) is 0 Å². The topological polar surface area (TPSA) is 74.0 Å². The summed E-state index contributed by atoms with van der Waals surface area (Å²) in [6.07, 6.45) is 1.96. The Morgan fingerprint density at radius 2 is 1.85 bits per heavy atom. The molecule has 0 saturated carbocycles. The van der Waals surface area contributed by atoms with Crippen molar-refractivity contribution in [2.75, 3.05) is 18.2 Å². The van der Waals surface area contributed by atoms with Crippen molar-refractivity contribution in [1.29, 1.82) is 0 Å². The zero-order valence-electron chi connectivity index (χ0n) is 19.4. The Morgan fingerprint density at radius 3 is 2.61 bits per heavy atom. The zero-order chi connectivity index (χ0) is 23.4. The fourth-order valence-corrected chi connectivity index (χ4v) is 4.92. The van der Waals surface area contributed by atoms with E-state index in [0.717, 1.165) is 45.4 Å². The number of ether oxygens (including phenoxy) is 1. The number of thioether (sulfide) groups is 1. The van der Waals surface area contributed by atoms with E-state index in [9.17, 15) is 4.79 Å². The molecule has 1 N–H and O–H groups in total. The predicted molar refractivity (Wildman–Crippen MR) is 133 cm³/mol. The maximum Gasteiger partial charge on any atom is 0.191 e. The van der Waals surface area contributed by atoms with E-state index < -0.39 is 0 Å². The first-order valence-corrected chi connectivity index (χ1v) is 12.1. The van der Waals surface area contributed by atoms with Gasteiger partial charge in [0.1, 0.15) is 5.75 Å². The molecule has 0 aliphatic heterocycles. The standard InChI is InChI=1S/C25H29N5O2S/c1-5-29-15-19(18-11-7-9-13-21(18)29)22(31)16-33-25-28-27-24(30(25)6-2)17(3)26-20-12-8-10-14-23(20)32-4/h7-15,17,26H,5-6,16H2,1-4H3/t17-/m0/s1. The number of carbonyl (C=O) groups is 1. The highest BCUT2D eigenvalue weighted by atomic mass is 32.2. The molecule has 8 heteroatoms. The molecule has 0 spiro atoms. The number of ketones is 1. The van der Waals surface area contributed by atoms with Gasteiger partial charge in [0.25, 0.3) is 0 Å². The number of nitrogens with zero attached hydrogens (tertiary/aromatic N) is 4. The lowest BCUT2D eigenvalue weighted by atomic mass is 10.1. The number of methoxy groups -OCH3 is 1. The third-order valence-electron chi connectivity index (χ3n) is 5.69. The molecular formula is C25H29N5O2S. The molecule has 2 aromatic carbocycles. The van der Waals surface area contributed by atoms with Crippen molar-refractivity contribution in [3.05, 3.63) is 66.1 Å². The van der Waals surface area contributed by atoms with Gasteiger partial charge < -0.3 is 19.2 Å². The van der Waals surface area contributed by atoms with Crippen LogP contribution in [0.5, 0.6) is 5.75 Å².